The molecular weight excluding hydrogens is 210 g/mol. The predicted octanol–water partition coefficient (Wildman–Crippen LogP) is 1.59. The number of aliphatic hydroxyl groups excluding tert-OH is 1. The van der Waals surface area contributed by atoms with E-state index >= 15 is 0 Å². The van der Waals surface area contributed by atoms with E-state index in [2.05, 4.69) is 14.3 Å². The van der Waals surface area contributed by atoms with E-state index in [1.54, 1.807) is 0 Å². The van der Waals surface area contributed by atoms with E-state index in [0.29, 0.717) is 6.04 Å². The van der Waals surface area contributed by atoms with Gasteiger partial charge in [0.15, 0.2) is 0 Å². The van der Waals surface area contributed by atoms with Crippen LogP contribution in [0.5, 0.6) is 0 Å². The second-order valence-corrected chi connectivity index (χ2v) is 4.71. The van der Waals surface area contributed by atoms with Gasteiger partial charge in [0, 0.05) is 30.7 Å². The Balaban J connectivity index is 2.03. The van der Waals surface area contributed by atoms with Crippen molar-refractivity contribution in [3.05, 3.63) is 5.82 Å². The standard InChI is InChI=1S/C10H17N3OS/c1-8-11-10(15-12-8)13(6-3-7-14)9-4-2-5-9/h9,14H,2-7H2,1H3. The molecule has 0 spiro atoms. The number of hydrogen-bond donors (Lipinski definition) is 1. The summed E-state index contributed by atoms with van der Waals surface area (Å²) in [5.74, 6) is 0.850. The molecule has 0 aliphatic heterocycles. The van der Waals surface area contributed by atoms with Gasteiger partial charge in [-0.15, -0.1) is 0 Å². The summed E-state index contributed by atoms with van der Waals surface area (Å²) >= 11 is 1.47. The first kappa shape index (κ1) is 10.8. The first-order chi connectivity index (χ1) is 7.31. The summed E-state index contributed by atoms with van der Waals surface area (Å²) in [4.78, 5) is 6.73. The van der Waals surface area contributed by atoms with Crippen molar-refractivity contribution in [3.63, 3.8) is 0 Å². The fourth-order valence-corrected chi connectivity index (χ4v) is 2.55. The molecule has 1 fully saturated rings. The van der Waals surface area contributed by atoms with E-state index in [1.165, 1.54) is 30.8 Å². The summed E-state index contributed by atoms with van der Waals surface area (Å²) in [6.07, 6.45) is 4.64. The topological polar surface area (TPSA) is 49.2 Å². The third kappa shape index (κ3) is 2.46. The van der Waals surface area contributed by atoms with E-state index in [9.17, 15) is 0 Å². The summed E-state index contributed by atoms with van der Waals surface area (Å²) in [5.41, 5.74) is 0. The maximum absolute atomic E-state index is 8.88. The van der Waals surface area contributed by atoms with Crippen molar-refractivity contribution in [2.24, 2.45) is 0 Å². The quantitative estimate of drug-likeness (QED) is 0.830. The highest BCUT2D eigenvalue weighted by molar-refractivity contribution is 7.09. The van der Waals surface area contributed by atoms with Crippen molar-refractivity contribution >= 4 is 16.7 Å². The van der Waals surface area contributed by atoms with Crippen molar-refractivity contribution in [3.8, 4) is 0 Å². The Morgan fingerprint density at radius 1 is 1.53 bits per heavy atom. The lowest BCUT2D eigenvalue weighted by molar-refractivity contribution is 0.283. The largest absolute Gasteiger partial charge is 0.396 e. The normalized spacial score (nSPS) is 16.4. The van der Waals surface area contributed by atoms with Crippen LogP contribution in [0.15, 0.2) is 0 Å². The molecule has 1 aliphatic carbocycles. The third-order valence-corrected chi connectivity index (χ3v) is 3.68. The minimum absolute atomic E-state index is 0.251. The van der Waals surface area contributed by atoms with Crippen LogP contribution in [-0.4, -0.2) is 33.7 Å². The van der Waals surface area contributed by atoms with Gasteiger partial charge in [0.1, 0.15) is 5.82 Å². The van der Waals surface area contributed by atoms with Crippen molar-refractivity contribution in [2.75, 3.05) is 18.1 Å². The van der Waals surface area contributed by atoms with Gasteiger partial charge in [-0.1, -0.05) is 0 Å². The molecule has 5 heteroatoms. The molecule has 15 heavy (non-hydrogen) atoms. The summed E-state index contributed by atoms with van der Waals surface area (Å²) in [6.45, 7) is 3.07. The molecule has 0 radical (unpaired) electrons. The lowest BCUT2D eigenvalue weighted by Gasteiger charge is -2.37. The van der Waals surface area contributed by atoms with Crippen molar-refractivity contribution < 1.29 is 5.11 Å². The van der Waals surface area contributed by atoms with Crippen molar-refractivity contribution in [1.29, 1.82) is 0 Å². The molecule has 1 saturated carbocycles. The highest BCUT2D eigenvalue weighted by Gasteiger charge is 2.26. The van der Waals surface area contributed by atoms with Crippen LogP contribution in [0.1, 0.15) is 31.5 Å². The van der Waals surface area contributed by atoms with E-state index in [-0.39, 0.29) is 6.61 Å². The Morgan fingerprint density at radius 2 is 2.33 bits per heavy atom. The van der Waals surface area contributed by atoms with Crippen LogP contribution in [0.2, 0.25) is 0 Å². The monoisotopic (exact) mass is 227 g/mol. The molecule has 2 rings (SSSR count). The number of aryl methyl sites for hydroxylation is 1. The van der Waals surface area contributed by atoms with E-state index in [4.69, 9.17) is 5.11 Å². The second-order valence-electron chi connectivity index (χ2n) is 3.98. The number of nitrogens with zero attached hydrogens (tertiary/aromatic N) is 3. The second kappa shape index (κ2) is 4.90. The molecule has 0 atom stereocenters. The fraction of sp³-hybridized carbons (Fsp3) is 0.800. The van der Waals surface area contributed by atoms with Crippen LogP contribution < -0.4 is 4.90 Å². The summed E-state index contributed by atoms with van der Waals surface area (Å²) in [6, 6.07) is 0.629. The zero-order valence-corrected chi connectivity index (χ0v) is 9.83. The van der Waals surface area contributed by atoms with Gasteiger partial charge in [-0.3, -0.25) is 0 Å². The lowest BCUT2D eigenvalue weighted by atomic mass is 9.92. The molecule has 0 bridgehead atoms. The molecular formula is C10H17N3OS. The fourth-order valence-electron chi connectivity index (χ4n) is 1.78. The summed E-state index contributed by atoms with van der Waals surface area (Å²) < 4.78 is 4.21. The molecule has 0 amide bonds. The molecule has 84 valence electrons. The molecule has 1 aliphatic rings. The zero-order valence-electron chi connectivity index (χ0n) is 9.02. The van der Waals surface area contributed by atoms with Gasteiger partial charge >= 0.3 is 0 Å². The van der Waals surface area contributed by atoms with E-state index in [0.717, 1.165) is 23.9 Å². The molecule has 0 saturated heterocycles. The number of rotatable bonds is 5. The third-order valence-electron chi connectivity index (χ3n) is 2.84. The SMILES string of the molecule is Cc1nsc(N(CCCO)C2CCC2)n1. The summed E-state index contributed by atoms with van der Waals surface area (Å²) in [5, 5.41) is 9.90. The van der Waals surface area contributed by atoms with Gasteiger partial charge in [0.25, 0.3) is 0 Å². The minimum atomic E-state index is 0.251. The average molecular weight is 227 g/mol. The molecule has 4 nitrogen and oxygen atoms in total. The smallest absolute Gasteiger partial charge is 0.205 e. The van der Waals surface area contributed by atoms with Gasteiger partial charge in [-0.05, 0) is 32.6 Å². The Morgan fingerprint density at radius 3 is 2.80 bits per heavy atom. The van der Waals surface area contributed by atoms with Gasteiger partial charge in [0.2, 0.25) is 5.13 Å². The predicted molar refractivity (Wildman–Crippen MR) is 61.3 cm³/mol. The van der Waals surface area contributed by atoms with E-state index in [1.807, 2.05) is 6.92 Å². The molecule has 0 aromatic carbocycles. The molecule has 0 unspecified atom stereocenters. The summed E-state index contributed by atoms with van der Waals surface area (Å²) in [7, 11) is 0. The Bertz CT molecular complexity index is 311. The number of anilines is 1. The molecule has 1 aromatic heterocycles. The van der Waals surface area contributed by atoms with Crippen molar-refractivity contribution in [1.82, 2.24) is 9.36 Å². The van der Waals surface area contributed by atoms with Gasteiger partial charge < -0.3 is 10.0 Å². The van der Waals surface area contributed by atoms with E-state index < -0.39 is 0 Å². The highest BCUT2D eigenvalue weighted by Crippen LogP contribution is 2.30. The van der Waals surface area contributed by atoms with Crippen LogP contribution in [0, 0.1) is 6.92 Å². The van der Waals surface area contributed by atoms with Gasteiger partial charge in [-0.2, -0.15) is 4.37 Å². The number of aliphatic hydroxyl groups is 1. The maximum atomic E-state index is 8.88. The number of aromatic nitrogens is 2. The van der Waals surface area contributed by atoms with Gasteiger partial charge in [-0.25, -0.2) is 4.98 Å². The van der Waals surface area contributed by atoms with Crippen LogP contribution in [-0.2, 0) is 0 Å². The first-order valence-corrected chi connectivity index (χ1v) is 6.26. The number of hydrogen-bond acceptors (Lipinski definition) is 5. The molecule has 1 N–H and O–H groups in total. The first-order valence-electron chi connectivity index (χ1n) is 5.49. The Labute approximate surface area is 94.1 Å². The van der Waals surface area contributed by atoms with Crippen LogP contribution >= 0.6 is 11.5 Å². The average Bonchev–Trinajstić information content (AvgIpc) is 2.56. The Hall–Kier alpha value is -0.680. The van der Waals surface area contributed by atoms with Gasteiger partial charge in [0.05, 0.1) is 0 Å². The highest BCUT2D eigenvalue weighted by atomic mass is 32.1. The minimum Gasteiger partial charge on any atom is -0.396 e. The molecule has 1 heterocycles. The Kier molecular flexibility index (Phi) is 3.53. The molecule has 1 aromatic rings. The zero-order chi connectivity index (χ0) is 10.7. The maximum Gasteiger partial charge on any atom is 0.205 e. The van der Waals surface area contributed by atoms with Crippen LogP contribution in [0.4, 0.5) is 5.13 Å². The van der Waals surface area contributed by atoms with Crippen molar-refractivity contribution in [2.45, 2.75) is 38.6 Å². The van der Waals surface area contributed by atoms with Crippen LogP contribution in [0.25, 0.3) is 0 Å². The lowest BCUT2D eigenvalue weighted by Crippen LogP contribution is -2.41. The van der Waals surface area contributed by atoms with Crippen LogP contribution in [0.3, 0.4) is 0 Å².